The number of hydrogen-bond acceptors (Lipinski definition) is 5. The number of anilines is 1. The summed E-state index contributed by atoms with van der Waals surface area (Å²) >= 11 is 1.08. The lowest BCUT2D eigenvalue weighted by atomic mass is 10.2. The molecule has 1 aromatic carbocycles. The first-order chi connectivity index (χ1) is 13.4. The topological polar surface area (TPSA) is 104 Å². The Hall–Kier alpha value is -3.40. The first-order valence-electron chi connectivity index (χ1n) is 8.07. The van der Waals surface area contributed by atoms with E-state index in [0.29, 0.717) is 5.69 Å². The largest absolute Gasteiger partial charge is 0.351 e. The van der Waals surface area contributed by atoms with Gasteiger partial charge in [0.25, 0.3) is 11.5 Å². The average Bonchev–Trinajstić information content (AvgIpc) is 3.08. The van der Waals surface area contributed by atoms with Crippen LogP contribution in [0.2, 0.25) is 0 Å². The number of carbonyl (C=O) groups excluding carboxylic acids is 2. The third-order valence-corrected chi connectivity index (χ3v) is 4.51. The Kier molecular flexibility index (Phi) is 5.90. The number of carbonyl (C=O) groups is 2. The summed E-state index contributed by atoms with van der Waals surface area (Å²) < 4.78 is 27.1. The van der Waals surface area contributed by atoms with Crippen molar-refractivity contribution >= 4 is 28.3 Å². The zero-order chi connectivity index (χ0) is 20.1. The number of pyridine rings is 1. The van der Waals surface area contributed by atoms with Gasteiger partial charge in [0.2, 0.25) is 5.91 Å². The first-order valence-corrected chi connectivity index (χ1v) is 8.95. The minimum absolute atomic E-state index is 0.0658. The molecule has 0 aliphatic carbocycles. The van der Waals surface area contributed by atoms with Gasteiger partial charge in [-0.25, -0.2) is 13.8 Å². The highest BCUT2D eigenvalue weighted by Gasteiger charge is 2.14. The molecule has 0 spiro atoms. The van der Waals surface area contributed by atoms with Crippen LogP contribution in [0, 0.1) is 11.6 Å². The third kappa shape index (κ3) is 4.65. The van der Waals surface area contributed by atoms with E-state index in [2.05, 4.69) is 20.6 Å². The van der Waals surface area contributed by atoms with Crippen LogP contribution in [0.3, 0.4) is 0 Å². The Balaban J connectivity index is 1.57. The van der Waals surface area contributed by atoms with Gasteiger partial charge in [-0.1, -0.05) is 6.07 Å². The van der Waals surface area contributed by atoms with Gasteiger partial charge in [-0.3, -0.25) is 19.7 Å². The number of aromatic nitrogens is 2. The molecule has 144 valence electrons. The molecule has 3 rings (SSSR count). The summed E-state index contributed by atoms with van der Waals surface area (Å²) in [5, 5.41) is 6.69. The van der Waals surface area contributed by atoms with Crippen LogP contribution in [0.5, 0.6) is 0 Å². The molecule has 0 bridgehead atoms. The quantitative estimate of drug-likeness (QED) is 0.586. The van der Waals surface area contributed by atoms with Gasteiger partial charge in [-0.2, -0.15) is 0 Å². The fraction of sp³-hybridized carbons (Fsp3) is 0.111. The van der Waals surface area contributed by atoms with Crippen LogP contribution in [0.4, 0.5) is 13.9 Å². The molecule has 10 heteroatoms. The number of H-pyrrole nitrogens is 1. The average molecular weight is 404 g/mol. The molecule has 2 aromatic heterocycles. The number of nitrogens with one attached hydrogen (secondary N) is 3. The summed E-state index contributed by atoms with van der Waals surface area (Å²) in [5.41, 5.74) is -0.454. The van der Waals surface area contributed by atoms with E-state index in [1.807, 2.05) is 0 Å². The molecule has 28 heavy (non-hydrogen) atoms. The van der Waals surface area contributed by atoms with Gasteiger partial charge in [0.1, 0.15) is 17.2 Å². The second-order valence-electron chi connectivity index (χ2n) is 5.66. The molecule has 0 unspecified atom stereocenters. The number of benzene rings is 1. The Morgan fingerprint density at radius 1 is 1.14 bits per heavy atom. The van der Waals surface area contributed by atoms with Gasteiger partial charge < -0.3 is 10.3 Å². The van der Waals surface area contributed by atoms with E-state index in [-0.39, 0.29) is 29.2 Å². The molecular formula is C18H14F2N4O3S. The number of nitrogens with zero attached hydrogens (tertiary/aromatic N) is 1. The van der Waals surface area contributed by atoms with Crippen molar-refractivity contribution in [3.05, 3.63) is 80.7 Å². The van der Waals surface area contributed by atoms with Crippen molar-refractivity contribution in [1.29, 1.82) is 0 Å². The summed E-state index contributed by atoms with van der Waals surface area (Å²) in [6.07, 6.45) is 1.28. The lowest BCUT2D eigenvalue weighted by Gasteiger charge is -2.06. The molecule has 0 aliphatic rings. The monoisotopic (exact) mass is 404 g/mol. The molecule has 0 aliphatic heterocycles. The molecule has 2 heterocycles. The molecule has 0 saturated carbocycles. The fourth-order valence-electron chi connectivity index (χ4n) is 2.33. The van der Waals surface area contributed by atoms with Gasteiger partial charge in [0.15, 0.2) is 5.13 Å². The lowest BCUT2D eigenvalue weighted by Crippen LogP contribution is -2.25. The Morgan fingerprint density at radius 2 is 1.89 bits per heavy atom. The molecule has 0 fully saturated rings. The number of hydrogen-bond donors (Lipinski definition) is 3. The van der Waals surface area contributed by atoms with E-state index < -0.39 is 29.0 Å². The second-order valence-corrected chi connectivity index (χ2v) is 6.52. The van der Waals surface area contributed by atoms with Gasteiger partial charge in [0.05, 0.1) is 12.1 Å². The van der Waals surface area contributed by atoms with Gasteiger partial charge in [0, 0.05) is 23.7 Å². The Bertz CT molecular complexity index is 1060. The van der Waals surface area contributed by atoms with Gasteiger partial charge >= 0.3 is 0 Å². The highest BCUT2D eigenvalue weighted by molar-refractivity contribution is 7.14. The van der Waals surface area contributed by atoms with E-state index in [1.165, 1.54) is 24.4 Å². The SMILES string of the molecule is O=C(Cc1csc(NC(=O)c2ccc[nH]c2=O)n1)NCc1c(F)cccc1F. The van der Waals surface area contributed by atoms with E-state index in [4.69, 9.17) is 0 Å². The Morgan fingerprint density at radius 3 is 2.61 bits per heavy atom. The van der Waals surface area contributed by atoms with Crippen LogP contribution >= 0.6 is 11.3 Å². The fourth-order valence-corrected chi connectivity index (χ4v) is 3.03. The Labute approximate surface area is 161 Å². The summed E-state index contributed by atoms with van der Waals surface area (Å²) in [4.78, 5) is 42.1. The molecular weight excluding hydrogens is 390 g/mol. The molecule has 0 radical (unpaired) electrons. The molecule has 0 saturated heterocycles. The minimum Gasteiger partial charge on any atom is -0.351 e. The number of halogens is 2. The van der Waals surface area contributed by atoms with Crippen LogP contribution in [-0.2, 0) is 17.8 Å². The van der Waals surface area contributed by atoms with Crippen molar-refractivity contribution in [3.63, 3.8) is 0 Å². The number of thiazole rings is 1. The van der Waals surface area contributed by atoms with E-state index in [9.17, 15) is 23.2 Å². The number of aromatic amines is 1. The van der Waals surface area contributed by atoms with Crippen LogP contribution in [0.1, 0.15) is 21.6 Å². The van der Waals surface area contributed by atoms with Crippen molar-refractivity contribution in [3.8, 4) is 0 Å². The van der Waals surface area contributed by atoms with Crippen molar-refractivity contribution in [2.24, 2.45) is 0 Å². The van der Waals surface area contributed by atoms with Crippen LogP contribution < -0.4 is 16.2 Å². The van der Waals surface area contributed by atoms with Crippen LogP contribution in [0.15, 0.2) is 46.7 Å². The molecule has 0 atom stereocenters. The minimum atomic E-state index is -0.741. The summed E-state index contributed by atoms with van der Waals surface area (Å²) in [6, 6.07) is 6.35. The third-order valence-electron chi connectivity index (χ3n) is 3.70. The lowest BCUT2D eigenvalue weighted by molar-refractivity contribution is -0.120. The standard InChI is InChI=1S/C18H14F2N4O3S/c19-13-4-1-5-14(20)12(13)8-22-15(25)7-10-9-28-18(23-10)24-17(27)11-3-2-6-21-16(11)26/h1-6,9H,7-8H2,(H,21,26)(H,22,25)(H,23,24,27). The van der Waals surface area contributed by atoms with E-state index in [1.54, 1.807) is 5.38 Å². The van der Waals surface area contributed by atoms with E-state index in [0.717, 1.165) is 23.5 Å². The maximum Gasteiger partial charge on any atom is 0.263 e. The zero-order valence-corrected chi connectivity index (χ0v) is 15.1. The van der Waals surface area contributed by atoms with E-state index >= 15 is 0 Å². The molecule has 2 amide bonds. The zero-order valence-electron chi connectivity index (χ0n) is 14.3. The van der Waals surface area contributed by atoms with Crippen molar-refractivity contribution in [1.82, 2.24) is 15.3 Å². The predicted octanol–water partition coefficient (Wildman–Crippen LogP) is 2.22. The first kappa shape index (κ1) is 19.4. The number of amides is 2. The van der Waals surface area contributed by atoms with Crippen molar-refractivity contribution in [2.75, 3.05) is 5.32 Å². The summed E-state index contributed by atoms with van der Waals surface area (Å²) in [6.45, 7) is -0.290. The van der Waals surface area contributed by atoms with Crippen molar-refractivity contribution in [2.45, 2.75) is 13.0 Å². The van der Waals surface area contributed by atoms with Gasteiger partial charge in [-0.15, -0.1) is 11.3 Å². The highest BCUT2D eigenvalue weighted by Crippen LogP contribution is 2.17. The number of rotatable bonds is 6. The molecule has 7 nitrogen and oxygen atoms in total. The van der Waals surface area contributed by atoms with Crippen LogP contribution in [0.25, 0.3) is 0 Å². The second kappa shape index (κ2) is 8.53. The van der Waals surface area contributed by atoms with Crippen molar-refractivity contribution < 1.29 is 18.4 Å². The molecule has 3 N–H and O–H groups in total. The summed E-state index contributed by atoms with van der Waals surface area (Å²) in [5.74, 6) is -2.59. The molecule has 3 aromatic rings. The highest BCUT2D eigenvalue weighted by atomic mass is 32.1. The maximum atomic E-state index is 13.6. The summed E-state index contributed by atoms with van der Waals surface area (Å²) in [7, 11) is 0. The normalized spacial score (nSPS) is 10.5. The van der Waals surface area contributed by atoms with Gasteiger partial charge in [-0.05, 0) is 24.3 Å². The predicted molar refractivity (Wildman–Crippen MR) is 99.0 cm³/mol. The maximum absolute atomic E-state index is 13.6. The smallest absolute Gasteiger partial charge is 0.263 e. The van der Waals surface area contributed by atoms with Crippen LogP contribution in [-0.4, -0.2) is 21.8 Å².